The van der Waals surface area contributed by atoms with Crippen molar-refractivity contribution in [2.45, 2.75) is 32.2 Å². The average Bonchev–Trinajstić information content (AvgIpc) is 3.19. The lowest BCUT2D eigenvalue weighted by atomic mass is 10.2. The molecule has 8 nitrogen and oxygen atoms in total. The third kappa shape index (κ3) is 4.17. The van der Waals surface area contributed by atoms with Gasteiger partial charge in [0.25, 0.3) is 21.5 Å². The molecule has 0 atom stereocenters. The van der Waals surface area contributed by atoms with Crippen LogP contribution in [0.15, 0.2) is 87.7 Å². The minimum absolute atomic E-state index is 0.00965. The highest BCUT2D eigenvalue weighted by atomic mass is 32.2. The average molecular weight is 478 g/mol. The van der Waals surface area contributed by atoms with Gasteiger partial charge in [0, 0.05) is 29.7 Å². The highest BCUT2D eigenvalue weighted by Gasteiger charge is 2.20. The van der Waals surface area contributed by atoms with Gasteiger partial charge in [0.2, 0.25) is 0 Å². The van der Waals surface area contributed by atoms with Crippen molar-refractivity contribution in [1.82, 2.24) is 13.1 Å². The first-order chi connectivity index (χ1) is 16.1. The number of carbonyl (C=O) groups is 1. The minimum Gasteiger partial charge on any atom is -0.295 e. The summed E-state index contributed by atoms with van der Waals surface area (Å²) >= 11 is 0. The van der Waals surface area contributed by atoms with Gasteiger partial charge in [-0.25, -0.2) is 17.2 Å². The first kappa shape index (κ1) is 23.2. The Kier molecular flexibility index (Phi) is 5.97. The summed E-state index contributed by atoms with van der Waals surface area (Å²) in [6.07, 6.45) is 4.30. The van der Waals surface area contributed by atoms with Crippen LogP contribution in [0.3, 0.4) is 0 Å². The fraction of sp³-hybridized carbons (Fsp3) is 0.160. The molecule has 0 aliphatic carbocycles. The van der Waals surface area contributed by atoms with Crippen LogP contribution in [0, 0.1) is 20.8 Å². The van der Waals surface area contributed by atoms with Crippen molar-refractivity contribution in [1.29, 1.82) is 0 Å². The van der Waals surface area contributed by atoms with Crippen molar-refractivity contribution in [3.8, 4) is 0 Å². The monoisotopic (exact) mass is 477 g/mol. The van der Waals surface area contributed by atoms with Gasteiger partial charge in [-0.3, -0.25) is 14.2 Å². The maximum Gasteiger partial charge on any atom is 0.338 e. The van der Waals surface area contributed by atoms with Gasteiger partial charge in [-0.15, -0.1) is 0 Å². The van der Waals surface area contributed by atoms with Crippen molar-refractivity contribution in [2.24, 2.45) is 0 Å². The van der Waals surface area contributed by atoms with E-state index < -0.39 is 27.2 Å². The molecule has 0 unspecified atom stereocenters. The Morgan fingerprint density at radius 3 is 2.12 bits per heavy atom. The van der Waals surface area contributed by atoms with Gasteiger partial charge in [0.15, 0.2) is 0 Å². The predicted molar refractivity (Wildman–Crippen MR) is 128 cm³/mol. The summed E-state index contributed by atoms with van der Waals surface area (Å²) < 4.78 is 29.0. The molecular weight excluding hydrogens is 454 g/mol. The number of nitrogens with zero attached hydrogens (tertiary/aromatic N) is 3. The van der Waals surface area contributed by atoms with E-state index in [1.165, 1.54) is 42.2 Å². The Morgan fingerprint density at radius 2 is 1.47 bits per heavy atom. The second-order valence-electron chi connectivity index (χ2n) is 8.15. The molecule has 0 saturated carbocycles. The van der Waals surface area contributed by atoms with E-state index in [9.17, 15) is 22.8 Å². The molecule has 4 rings (SSSR count). The summed E-state index contributed by atoms with van der Waals surface area (Å²) in [5.74, 6) is -0.718. The molecule has 0 aliphatic rings. The van der Waals surface area contributed by atoms with Crippen LogP contribution >= 0.6 is 0 Å². The summed E-state index contributed by atoms with van der Waals surface area (Å²) in [7, 11) is -3.81. The van der Waals surface area contributed by atoms with Crippen molar-refractivity contribution in [3.63, 3.8) is 0 Å². The molecule has 2 heterocycles. The van der Waals surface area contributed by atoms with Crippen molar-refractivity contribution in [3.05, 3.63) is 122 Å². The molecule has 0 bridgehead atoms. The van der Waals surface area contributed by atoms with Gasteiger partial charge in [-0.2, -0.15) is 4.57 Å². The molecule has 0 N–H and O–H groups in total. The number of hydrogen-bond acceptors (Lipinski definition) is 5. The van der Waals surface area contributed by atoms with Gasteiger partial charge >= 0.3 is 5.69 Å². The van der Waals surface area contributed by atoms with Crippen molar-refractivity contribution >= 4 is 15.9 Å². The van der Waals surface area contributed by atoms with Gasteiger partial charge in [-0.05, 0) is 56.2 Å². The molecule has 9 heteroatoms. The zero-order valence-electron chi connectivity index (χ0n) is 18.9. The van der Waals surface area contributed by atoms with Crippen LogP contribution in [-0.2, 0) is 16.6 Å². The SMILES string of the molecule is Cc1ccc(S(=O)(=O)n2cc(C)c(Cn3cc(C)c(=O)n(C(=O)c4ccccc4)c3=O)c2)cc1. The lowest BCUT2D eigenvalue weighted by Crippen LogP contribution is -2.44. The zero-order valence-corrected chi connectivity index (χ0v) is 19.7. The quantitative estimate of drug-likeness (QED) is 0.440. The number of benzene rings is 2. The summed E-state index contributed by atoms with van der Waals surface area (Å²) in [5, 5.41) is 0. The van der Waals surface area contributed by atoms with Gasteiger partial charge in [-0.1, -0.05) is 35.9 Å². The Hall–Kier alpha value is -3.98. The second-order valence-corrected chi connectivity index (χ2v) is 9.99. The van der Waals surface area contributed by atoms with E-state index in [4.69, 9.17) is 0 Å². The van der Waals surface area contributed by atoms with Crippen LogP contribution in [-0.4, -0.2) is 27.4 Å². The number of aryl methyl sites for hydroxylation is 3. The zero-order chi connectivity index (χ0) is 24.6. The van der Waals surface area contributed by atoms with Gasteiger partial charge in [0.05, 0.1) is 11.4 Å². The summed E-state index contributed by atoms with van der Waals surface area (Å²) in [6, 6.07) is 14.6. The van der Waals surface area contributed by atoms with Crippen molar-refractivity contribution < 1.29 is 13.2 Å². The molecule has 2 aromatic carbocycles. The molecule has 0 saturated heterocycles. The molecule has 0 radical (unpaired) electrons. The maximum absolute atomic E-state index is 13.1. The molecule has 0 aliphatic heterocycles. The minimum atomic E-state index is -3.81. The standard InChI is InChI=1S/C25H23N3O5S/c1-17-9-11-22(12-10-17)34(32,33)27-14-18(2)21(16-27)15-26-13-19(3)23(29)28(25(26)31)24(30)20-7-5-4-6-8-20/h4-14,16H,15H2,1-3H3. The van der Waals surface area contributed by atoms with E-state index >= 15 is 0 Å². The molecule has 174 valence electrons. The van der Waals surface area contributed by atoms with E-state index in [2.05, 4.69) is 0 Å². The van der Waals surface area contributed by atoms with Crippen LogP contribution in [0.2, 0.25) is 0 Å². The van der Waals surface area contributed by atoms with Gasteiger partial charge in [0.1, 0.15) is 0 Å². The van der Waals surface area contributed by atoms with Crippen LogP contribution in [0.1, 0.15) is 32.6 Å². The Bertz CT molecular complexity index is 1610. The van der Waals surface area contributed by atoms with Gasteiger partial charge < -0.3 is 0 Å². The molecular formula is C25H23N3O5S. The fourth-order valence-electron chi connectivity index (χ4n) is 3.62. The number of carbonyl (C=O) groups excluding carboxylic acids is 1. The highest BCUT2D eigenvalue weighted by molar-refractivity contribution is 7.90. The second kappa shape index (κ2) is 8.75. The van der Waals surface area contributed by atoms with E-state index in [-0.39, 0.29) is 22.6 Å². The fourth-order valence-corrected chi connectivity index (χ4v) is 4.91. The predicted octanol–water partition coefficient (Wildman–Crippen LogP) is 2.71. The lowest BCUT2D eigenvalue weighted by molar-refractivity contribution is 0.0948. The van der Waals surface area contributed by atoms with Crippen LogP contribution < -0.4 is 11.2 Å². The highest BCUT2D eigenvalue weighted by Crippen LogP contribution is 2.19. The third-order valence-corrected chi connectivity index (χ3v) is 7.23. The van der Waals surface area contributed by atoms with Crippen molar-refractivity contribution in [2.75, 3.05) is 0 Å². The number of aromatic nitrogens is 3. The third-order valence-electron chi connectivity index (χ3n) is 5.60. The molecule has 34 heavy (non-hydrogen) atoms. The Balaban J connectivity index is 1.74. The Labute approximate surface area is 196 Å². The first-order valence-electron chi connectivity index (χ1n) is 10.5. The van der Waals surface area contributed by atoms with Crippen LogP contribution in [0.4, 0.5) is 0 Å². The molecule has 0 amide bonds. The van der Waals surface area contributed by atoms with Crippen LogP contribution in [0.25, 0.3) is 0 Å². The van der Waals surface area contributed by atoms with E-state index in [1.807, 2.05) is 6.92 Å². The molecule has 2 aromatic heterocycles. The Morgan fingerprint density at radius 1 is 0.824 bits per heavy atom. The van der Waals surface area contributed by atoms with Crippen LogP contribution in [0.5, 0.6) is 0 Å². The maximum atomic E-state index is 13.1. The summed E-state index contributed by atoms with van der Waals surface area (Å²) in [6.45, 7) is 5.12. The largest absolute Gasteiger partial charge is 0.338 e. The van der Waals surface area contributed by atoms with E-state index in [1.54, 1.807) is 49.4 Å². The molecule has 0 spiro atoms. The number of rotatable bonds is 5. The topological polar surface area (TPSA) is 100 Å². The lowest BCUT2D eigenvalue weighted by Gasteiger charge is -2.11. The summed E-state index contributed by atoms with van der Waals surface area (Å²) in [5.41, 5.74) is 1.10. The number of hydrogen-bond donors (Lipinski definition) is 0. The summed E-state index contributed by atoms with van der Waals surface area (Å²) in [4.78, 5) is 38.8. The molecule has 0 fully saturated rings. The first-order valence-corrected chi connectivity index (χ1v) is 12.0. The smallest absolute Gasteiger partial charge is 0.295 e. The van der Waals surface area contributed by atoms with E-state index in [0.29, 0.717) is 15.7 Å². The molecule has 4 aromatic rings. The van der Waals surface area contributed by atoms with E-state index in [0.717, 1.165) is 9.54 Å². The normalized spacial score (nSPS) is 11.5.